The number of aliphatic hydroxyl groups is 2. The number of esters is 1. The molecule has 0 spiro atoms. The number of halogens is 1. The van der Waals surface area contributed by atoms with Crippen molar-refractivity contribution >= 4 is 23.4 Å². The summed E-state index contributed by atoms with van der Waals surface area (Å²) >= 11 is 6.03. The predicted molar refractivity (Wildman–Crippen MR) is 93.4 cm³/mol. The molecule has 3 atom stereocenters. The van der Waals surface area contributed by atoms with E-state index in [1.165, 1.54) is 12.2 Å². The monoisotopic (exact) mass is 384 g/mol. The highest BCUT2D eigenvalue weighted by atomic mass is 35.5. The lowest BCUT2D eigenvalue weighted by Crippen LogP contribution is -2.22. The fourth-order valence-corrected chi connectivity index (χ4v) is 2.95. The van der Waals surface area contributed by atoms with Crippen molar-refractivity contribution in [3.05, 3.63) is 34.4 Å². The summed E-state index contributed by atoms with van der Waals surface area (Å²) < 4.78 is 5.22. The number of phenolic OH excluding ortho intramolecular Hbond substituents is 2. The van der Waals surface area contributed by atoms with Gasteiger partial charge in [0, 0.05) is 30.9 Å². The molecule has 0 aromatic heterocycles. The third kappa shape index (κ3) is 4.97. The van der Waals surface area contributed by atoms with Crippen molar-refractivity contribution < 1.29 is 34.8 Å². The van der Waals surface area contributed by atoms with E-state index in [9.17, 15) is 30.0 Å². The van der Waals surface area contributed by atoms with Gasteiger partial charge in [0.1, 0.15) is 28.9 Å². The van der Waals surface area contributed by atoms with Crippen LogP contribution in [0.4, 0.5) is 0 Å². The third-order valence-electron chi connectivity index (χ3n) is 4.06. The molecule has 1 heterocycles. The van der Waals surface area contributed by atoms with Crippen molar-refractivity contribution in [3.8, 4) is 11.5 Å². The molecule has 1 aliphatic heterocycles. The number of hydrogen-bond donors (Lipinski definition) is 4. The van der Waals surface area contributed by atoms with Gasteiger partial charge in [-0.05, 0) is 13.3 Å². The molecular weight excluding hydrogens is 364 g/mol. The van der Waals surface area contributed by atoms with Crippen LogP contribution in [-0.4, -0.2) is 50.5 Å². The van der Waals surface area contributed by atoms with Crippen molar-refractivity contribution in [2.75, 3.05) is 0 Å². The quantitative estimate of drug-likeness (QED) is 0.397. The molecular formula is C18H21ClO7. The highest BCUT2D eigenvalue weighted by Gasteiger charge is 2.27. The zero-order chi connectivity index (χ0) is 19.4. The Kier molecular flexibility index (Phi) is 6.63. The molecule has 0 fully saturated rings. The largest absolute Gasteiger partial charge is 0.507 e. The Morgan fingerprint density at radius 1 is 1.12 bits per heavy atom. The normalized spacial score (nSPS) is 25.3. The minimum Gasteiger partial charge on any atom is -0.507 e. The van der Waals surface area contributed by atoms with Gasteiger partial charge < -0.3 is 25.2 Å². The molecule has 8 heteroatoms. The molecule has 7 nitrogen and oxygen atoms in total. The second kappa shape index (κ2) is 8.53. The lowest BCUT2D eigenvalue weighted by atomic mass is 9.97. The molecule has 0 unspecified atom stereocenters. The molecule has 1 aliphatic rings. The number of cyclic esters (lactones) is 1. The van der Waals surface area contributed by atoms with Gasteiger partial charge in [-0.25, -0.2) is 4.79 Å². The van der Waals surface area contributed by atoms with E-state index in [0.29, 0.717) is 0 Å². The molecule has 142 valence electrons. The summed E-state index contributed by atoms with van der Waals surface area (Å²) in [6, 6.07) is 0.905. The number of aliphatic hydroxyl groups excluding tert-OH is 2. The van der Waals surface area contributed by atoms with Crippen LogP contribution in [0, 0.1) is 0 Å². The maximum Gasteiger partial charge on any atom is 0.342 e. The summed E-state index contributed by atoms with van der Waals surface area (Å²) in [5, 5.41) is 39.4. The van der Waals surface area contributed by atoms with Crippen LogP contribution in [-0.2, 0) is 16.0 Å². The zero-order valence-corrected chi connectivity index (χ0v) is 14.9. The van der Waals surface area contributed by atoms with Crippen LogP contribution in [0.15, 0.2) is 18.2 Å². The van der Waals surface area contributed by atoms with Crippen LogP contribution >= 0.6 is 11.6 Å². The Labute approximate surface area is 155 Å². The minimum absolute atomic E-state index is 0.0146. The Balaban J connectivity index is 2.45. The molecule has 1 aromatic rings. The number of benzene rings is 1. The molecule has 0 aliphatic carbocycles. The smallest absolute Gasteiger partial charge is 0.342 e. The third-order valence-corrected chi connectivity index (χ3v) is 4.48. The number of Topliss-reactive ketones (excluding diaryl/α,β-unsaturated/α-hetero) is 1. The Morgan fingerprint density at radius 3 is 2.46 bits per heavy atom. The number of aromatic hydroxyl groups is 2. The van der Waals surface area contributed by atoms with Crippen LogP contribution in [0.2, 0.25) is 5.02 Å². The molecule has 26 heavy (non-hydrogen) atoms. The van der Waals surface area contributed by atoms with Crippen molar-refractivity contribution in [2.24, 2.45) is 0 Å². The Morgan fingerprint density at radius 2 is 1.77 bits per heavy atom. The maximum absolute atomic E-state index is 12.5. The average molecular weight is 385 g/mol. The summed E-state index contributed by atoms with van der Waals surface area (Å²) in [5.74, 6) is -2.27. The van der Waals surface area contributed by atoms with Crippen molar-refractivity contribution in [1.82, 2.24) is 0 Å². The number of ketones is 1. The molecule has 0 bridgehead atoms. The minimum atomic E-state index is -0.956. The van der Waals surface area contributed by atoms with Crippen LogP contribution in [0.1, 0.15) is 42.1 Å². The topological polar surface area (TPSA) is 124 Å². The van der Waals surface area contributed by atoms with E-state index >= 15 is 0 Å². The first kappa shape index (κ1) is 20.2. The number of hydrogen-bond acceptors (Lipinski definition) is 7. The van der Waals surface area contributed by atoms with Gasteiger partial charge in [0.05, 0.1) is 17.2 Å². The first-order valence-electron chi connectivity index (χ1n) is 8.19. The first-order chi connectivity index (χ1) is 12.2. The van der Waals surface area contributed by atoms with Crippen molar-refractivity contribution in [1.29, 1.82) is 0 Å². The predicted octanol–water partition coefficient (Wildman–Crippen LogP) is 1.87. The summed E-state index contributed by atoms with van der Waals surface area (Å²) in [6.07, 6.45) is 0.0675. The summed E-state index contributed by atoms with van der Waals surface area (Å²) in [6.45, 7) is 1.56. The van der Waals surface area contributed by atoms with Crippen LogP contribution in [0.25, 0.3) is 0 Å². The maximum atomic E-state index is 12.5. The molecule has 0 saturated heterocycles. The lowest BCUT2D eigenvalue weighted by molar-refractivity contribution is -0.118. The van der Waals surface area contributed by atoms with Gasteiger partial charge in [-0.15, -0.1) is 0 Å². The fraction of sp³-hybridized carbons (Fsp3) is 0.444. The Hall–Kier alpha value is -2.09. The average Bonchev–Trinajstić information content (AvgIpc) is 2.54. The van der Waals surface area contributed by atoms with Gasteiger partial charge in [0.2, 0.25) is 0 Å². The molecule has 0 radical (unpaired) electrons. The number of phenols is 2. The molecule has 1 aromatic carbocycles. The number of carbonyl (C=O) groups is 2. The van der Waals surface area contributed by atoms with Gasteiger partial charge in [0.15, 0.2) is 0 Å². The van der Waals surface area contributed by atoms with Gasteiger partial charge in [-0.2, -0.15) is 0 Å². The second-order valence-electron chi connectivity index (χ2n) is 6.31. The van der Waals surface area contributed by atoms with Crippen molar-refractivity contribution in [3.63, 3.8) is 0 Å². The standard InChI is InChI=1S/C18H21ClO7/c1-9-6-11(21)4-2-10(20)3-5-12(22)7-13-16(18(25)26-9)14(23)8-15(24)17(13)19/h2,4,8-11,20-21,23-24H,3,5-7H2,1H3/t9-,10+,11-/m1/s1. The van der Waals surface area contributed by atoms with E-state index in [-0.39, 0.29) is 47.6 Å². The first-order valence-corrected chi connectivity index (χ1v) is 8.57. The van der Waals surface area contributed by atoms with Gasteiger partial charge in [-0.3, -0.25) is 4.79 Å². The molecule has 2 rings (SSSR count). The second-order valence-corrected chi connectivity index (χ2v) is 6.69. The van der Waals surface area contributed by atoms with E-state index < -0.39 is 35.8 Å². The van der Waals surface area contributed by atoms with Crippen LogP contribution < -0.4 is 0 Å². The van der Waals surface area contributed by atoms with Crippen LogP contribution in [0.3, 0.4) is 0 Å². The van der Waals surface area contributed by atoms with E-state index in [2.05, 4.69) is 0 Å². The van der Waals surface area contributed by atoms with Crippen molar-refractivity contribution in [2.45, 2.75) is 50.9 Å². The molecule has 4 N–H and O–H groups in total. The van der Waals surface area contributed by atoms with E-state index in [4.69, 9.17) is 16.3 Å². The summed E-state index contributed by atoms with van der Waals surface area (Å²) in [5.41, 5.74) is -0.329. The summed E-state index contributed by atoms with van der Waals surface area (Å²) in [4.78, 5) is 24.7. The highest BCUT2D eigenvalue weighted by Crippen LogP contribution is 2.37. The van der Waals surface area contributed by atoms with Gasteiger partial charge in [0.25, 0.3) is 0 Å². The number of fused-ring (bicyclic) bond motifs is 1. The van der Waals surface area contributed by atoms with E-state index in [1.54, 1.807) is 6.92 Å². The van der Waals surface area contributed by atoms with E-state index in [0.717, 1.165) is 6.07 Å². The van der Waals surface area contributed by atoms with Crippen LogP contribution in [0.5, 0.6) is 11.5 Å². The SMILES string of the molecule is C[C@@H]1C[C@H](O)C=C[C@H](O)CCC(=O)Cc2c(Cl)c(O)cc(O)c2C(=O)O1. The molecule has 0 amide bonds. The van der Waals surface area contributed by atoms with E-state index in [1.807, 2.05) is 0 Å². The Bertz CT molecular complexity index is 729. The number of ether oxygens (including phenoxy) is 1. The molecule has 0 saturated carbocycles. The van der Waals surface area contributed by atoms with Gasteiger partial charge in [-0.1, -0.05) is 23.8 Å². The van der Waals surface area contributed by atoms with Gasteiger partial charge >= 0.3 is 5.97 Å². The highest BCUT2D eigenvalue weighted by molar-refractivity contribution is 6.33. The fourth-order valence-electron chi connectivity index (χ4n) is 2.73. The summed E-state index contributed by atoms with van der Waals surface area (Å²) in [7, 11) is 0. The number of carbonyl (C=O) groups excluding carboxylic acids is 2. The lowest BCUT2D eigenvalue weighted by Gasteiger charge is -2.19. The number of rotatable bonds is 0. The zero-order valence-electron chi connectivity index (χ0n) is 14.2.